The Labute approximate surface area is 210 Å². The van der Waals surface area contributed by atoms with Crippen molar-refractivity contribution < 1.29 is 29.1 Å². The SMILES string of the molecule is C=CCN1C(=O)C2(C(=C(O)c3ccccc3)C(=O)C(=O)N2CCC[NH+]2CCOCC2)c2ccccc21. The molecule has 3 aliphatic heterocycles. The van der Waals surface area contributed by atoms with Gasteiger partial charge >= 0.3 is 0 Å². The summed E-state index contributed by atoms with van der Waals surface area (Å²) in [6.07, 6.45) is 2.21. The predicted octanol–water partition coefficient (Wildman–Crippen LogP) is 1.10. The summed E-state index contributed by atoms with van der Waals surface area (Å²) in [4.78, 5) is 45.6. The van der Waals surface area contributed by atoms with Gasteiger partial charge in [0.05, 0.1) is 31.0 Å². The van der Waals surface area contributed by atoms with Gasteiger partial charge in [-0.2, -0.15) is 0 Å². The normalized spacial score (nSPS) is 23.5. The second-order valence-corrected chi connectivity index (χ2v) is 9.27. The van der Waals surface area contributed by atoms with Crippen LogP contribution in [0.5, 0.6) is 0 Å². The van der Waals surface area contributed by atoms with Gasteiger partial charge in [-0.1, -0.05) is 54.6 Å². The van der Waals surface area contributed by atoms with Crippen molar-refractivity contribution in [3.63, 3.8) is 0 Å². The number of likely N-dealkylation sites (tertiary alicyclic amines) is 1. The molecule has 2 saturated heterocycles. The van der Waals surface area contributed by atoms with Crippen molar-refractivity contribution in [1.29, 1.82) is 0 Å². The van der Waals surface area contributed by atoms with Crippen molar-refractivity contribution in [2.24, 2.45) is 0 Å². The lowest BCUT2D eigenvalue weighted by Crippen LogP contribution is -3.14. The average Bonchev–Trinajstić information content (AvgIpc) is 3.29. The van der Waals surface area contributed by atoms with Gasteiger partial charge in [-0.15, -0.1) is 6.58 Å². The molecule has 0 radical (unpaired) electrons. The number of amides is 2. The summed E-state index contributed by atoms with van der Waals surface area (Å²) in [7, 11) is 0. The zero-order valence-electron chi connectivity index (χ0n) is 20.1. The number of carbonyl (C=O) groups excluding carboxylic acids is 3. The molecular formula is C28H30N3O5+. The second kappa shape index (κ2) is 9.72. The maximum absolute atomic E-state index is 14.3. The van der Waals surface area contributed by atoms with Crippen LogP contribution in [0.3, 0.4) is 0 Å². The minimum absolute atomic E-state index is 0.179. The van der Waals surface area contributed by atoms with Gasteiger partial charge < -0.3 is 24.5 Å². The summed E-state index contributed by atoms with van der Waals surface area (Å²) in [5.41, 5.74) is -0.408. The molecular weight excluding hydrogens is 458 g/mol. The van der Waals surface area contributed by atoms with Crippen molar-refractivity contribution in [1.82, 2.24) is 4.90 Å². The molecule has 5 rings (SSSR count). The number of rotatable bonds is 7. The first-order chi connectivity index (χ1) is 17.5. The van der Waals surface area contributed by atoms with Crippen LogP contribution in [0.15, 0.2) is 72.8 Å². The van der Waals surface area contributed by atoms with Gasteiger partial charge in [0.25, 0.3) is 17.6 Å². The number of hydrogen-bond acceptors (Lipinski definition) is 5. The number of nitrogens with one attached hydrogen (secondary N) is 1. The summed E-state index contributed by atoms with van der Waals surface area (Å²) in [5.74, 6) is -2.40. The molecule has 0 saturated carbocycles. The number of ether oxygens (including phenoxy) is 1. The van der Waals surface area contributed by atoms with Crippen LogP contribution in [0.4, 0.5) is 5.69 Å². The third kappa shape index (κ3) is 3.65. The predicted molar refractivity (Wildman–Crippen MR) is 134 cm³/mol. The lowest BCUT2D eigenvalue weighted by Gasteiger charge is -2.35. The molecule has 3 aliphatic rings. The molecule has 186 valence electrons. The van der Waals surface area contributed by atoms with Crippen molar-refractivity contribution in [3.8, 4) is 0 Å². The van der Waals surface area contributed by atoms with Crippen molar-refractivity contribution >= 4 is 29.0 Å². The van der Waals surface area contributed by atoms with E-state index in [9.17, 15) is 19.5 Å². The molecule has 2 N–H and O–H groups in total. The Bertz CT molecular complexity index is 1230. The van der Waals surface area contributed by atoms with E-state index >= 15 is 0 Å². The molecule has 8 heteroatoms. The molecule has 36 heavy (non-hydrogen) atoms. The minimum atomic E-state index is -1.73. The third-order valence-corrected chi connectivity index (χ3v) is 7.28. The average molecular weight is 489 g/mol. The lowest BCUT2D eigenvalue weighted by molar-refractivity contribution is -0.908. The van der Waals surface area contributed by atoms with Crippen molar-refractivity contribution in [2.45, 2.75) is 12.0 Å². The summed E-state index contributed by atoms with van der Waals surface area (Å²) in [6.45, 7) is 8.15. The molecule has 8 nitrogen and oxygen atoms in total. The number of ketones is 1. The van der Waals surface area contributed by atoms with Gasteiger partial charge in [0.15, 0.2) is 5.54 Å². The molecule has 2 aromatic rings. The molecule has 2 aromatic carbocycles. The van der Waals surface area contributed by atoms with E-state index in [2.05, 4.69) is 6.58 Å². The van der Waals surface area contributed by atoms with Crippen LogP contribution < -0.4 is 9.80 Å². The summed E-state index contributed by atoms with van der Waals surface area (Å²) in [5, 5.41) is 11.4. The molecule has 1 unspecified atom stereocenters. The zero-order chi connectivity index (χ0) is 25.3. The molecule has 1 atom stereocenters. The summed E-state index contributed by atoms with van der Waals surface area (Å²) >= 11 is 0. The van der Waals surface area contributed by atoms with Crippen LogP contribution in [0.2, 0.25) is 0 Å². The van der Waals surface area contributed by atoms with Gasteiger partial charge in [-0.05, 0) is 6.07 Å². The number of anilines is 1. The number of hydrogen-bond donors (Lipinski definition) is 2. The Balaban J connectivity index is 1.65. The highest BCUT2D eigenvalue weighted by atomic mass is 16.5. The topological polar surface area (TPSA) is 91.6 Å². The Morgan fingerprint density at radius 3 is 2.47 bits per heavy atom. The highest BCUT2D eigenvalue weighted by molar-refractivity contribution is 6.50. The number of aliphatic hydroxyl groups is 1. The monoisotopic (exact) mass is 488 g/mol. The van der Waals surface area contributed by atoms with Crippen LogP contribution in [0, 0.1) is 0 Å². The first kappa shape index (κ1) is 24.0. The summed E-state index contributed by atoms with van der Waals surface area (Å²) in [6, 6.07) is 15.7. The molecule has 0 bridgehead atoms. The maximum atomic E-state index is 14.3. The number of aliphatic hydroxyl groups excluding tert-OH is 1. The fraction of sp³-hybridized carbons (Fsp3) is 0.321. The van der Waals surface area contributed by atoms with Crippen LogP contribution >= 0.6 is 0 Å². The zero-order valence-corrected chi connectivity index (χ0v) is 20.1. The second-order valence-electron chi connectivity index (χ2n) is 9.27. The molecule has 1 spiro atoms. The van der Waals surface area contributed by atoms with E-state index in [-0.39, 0.29) is 24.4 Å². The maximum Gasteiger partial charge on any atom is 0.296 e. The molecule has 0 aromatic heterocycles. The summed E-state index contributed by atoms with van der Waals surface area (Å²) < 4.78 is 5.43. The van der Waals surface area contributed by atoms with Crippen LogP contribution in [-0.4, -0.2) is 73.5 Å². The van der Waals surface area contributed by atoms with E-state index in [1.54, 1.807) is 54.6 Å². The number of morpholine rings is 1. The smallest absolute Gasteiger partial charge is 0.296 e. The van der Waals surface area contributed by atoms with Gasteiger partial charge in [-0.3, -0.25) is 14.4 Å². The van der Waals surface area contributed by atoms with Crippen LogP contribution in [0.25, 0.3) is 5.76 Å². The van der Waals surface area contributed by atoms with Gasteiger partial charge in [0.1, 0.15) is 18.8 Å². The van der Waals surface area contributed by atoms with Gasteiger partial charge in [0.2, 0.25) is 0 Å². The Hall–Kier alpha value is -3.75. The first-order valence-corrected chi connectivity index (χ1v) is 12.3. The van der Waals surface area contributed by atoms with Crippen molar-refractivity contribution in [3.05, 3.63) is 84.0 Å². The van der Waals surface area contributed by atoms with E-state index in [1.165, 1.54) is 14.7 Å². The van der Waals surface area contributed by atoms with Crippen LogP contribution in [-0.2, 0) is 24.7 Å². The van der Waals surface area contributed by atoms with Crippen molar-refractivity contribution in [2.75, 3.05) is 50.8 Å². The third-order valence-electron chi connectivity index (χ3n) is 7.28. The number of para-hydroxylation sites is 1. The molecule has 0 aliphatic carbocycles. The standard InChI is InChI=1S/C28H29N3O5/c1-2-13-30-22-12-7-6-11-21(22)28(27(30)35)23(24(32)20-9-4-3-5-10-20)25(33)26(34)31(28)15-8-14-29-16-18-36-19-17-29/h2-7,9-12,32H,1,8,13-19H2/p+1. The molecule has 2 fully saturated rings. The fourth-order valence-corrected chi connectivity index (χ4v) is 5.61. The van der Waals surface area contributed by atoms with Gasteiger partial charge in [-0.25, -0.2) is 0 Å². The Morgan fingerprint density at radius 1 is 1.06 bits per heavy atom. The van der Waals surface area contributed by atoms with E-state index in [4.69, 9.17) is 4.74 Å². The Morgan fingerprint density at radius 2 is 1.75 bits per heavy atom. The Kier molecular flexibility index (Phi) is 6.47. The number of nitrogens with zero attached hydrogens (tertiary/aromatic N) is 2. The number of benzene rings is 2. The first-order valence-electron chi connectivity index (χ1n) is 12.3. The number of carbonyl (C=O) groups is 3. The van der Waals surface area contributed by atoms with E-state index in [1.807, 2.05) is 6.07 Å². The van der Waals surface area contributed by atoms with Crippen LogP contribution in [0.1, 0.15) is 17.5 Å². The molecule has 2 amide bonds. The van der Waals surface area contributed by atoms with E-state index < -0.39 is 23.1 Å². The number of Topliss-reactive ketones (excluding diaryl/α,β-unsaturated/α-hetero) is 1. The number of quaternary nitrogens is 1. The van der Waals surface area contributed by atoms with E-state index in [0.29, 0.717) is 36.4 Å². The van der Waals surface area contributed by atoms with Gasteiger partial charge in [0, 0.05) is 30.6 Å². The lowest BCUT2D eigenvalue weighted by atomic mass is 9.82. The van der Waals surface area contributed by atoms with E-state index in [0.717, 1.165) is 19.6 Å². The highest BCUT2D eigenvalue weighted by Gasteiger charge is 2.66. The quantitative estimate of drug-likeness (QED) is 0.264. The highest BCUT2D eigenvalue weighted by Crippen LogP contribution is 2.53. The fourth-order valence-electron chi connectivity index (χ4n) is 5.61. The number of fused-ring (bicyclic) bond motifs is 2. The minimum Gasteiger partial charge on any atom is -0.507 e. The molecule has 3 heterocycles. The largest absolute Gasteiger partial charge is 0.507 e.